The lowest BCUT2D eigenvalue weighted by atomic mass is 10.1. The predicted octanol–water partition coefficient (Wildman–Crippen LogP) is 1.80. The molecule has 3 heterocycles. The summed E-state index contributed by atoms with van der Waals surface area (Å²) >= 11 is 0. The van der Waals surface area contributed by atoms with Crippen LogP contribution in [0.4, 0.5) is 0 Å². The maximum atomic E-state index is 5.49. The van der Waals surface area contributed by atoms with E-state index in [-0.39, 0.29) is 24.0 Å². The van der Waals surface area contributed by atoms with E-state index in [1.54, 1.807) is 12.7 Å². The zero-order valence-electron chi connectivity index (χ0n) is 17.4. The number of ether oxygens (including phenoxy) is 2. The molecular weight excluding hydrogens is 497 g/mol. The van der Waals surface area contributed by atoms with E-state index in [9.17, 15) is 0 Å². The highest BCUT2D eigenvalue weighted by atomic mass is 127. The van der Waals surface area contributed by atoms with Gasteiger partial charge in [0.25, 0.3) is 0 Å². The fraction of sp³-hybridized carbons (Fsp3) is 0.550. The van der Waals surface area contributed by atoms with Crippen LogP contribution >= 0.6 is 24.0 Å². The quantitative estimate of drug-likeness (QED) is 0.255. The summed E-state index contributed by atoms with van der Waals surface area (Å²) in [6, 6.07) is 6.22. The van der Waals surface area contributed by atoms with E-state index in [2.05, 4.69) is 42.4 Å². The third-order valence-electron chi connectivity index (χ3n) is 5.32. The number of rotatable bonds is 7. The van der Waals surface area contributed by atoms with Crippen LogP contribution in [0.25, 0.3) is 0 Å². The minimum atomic E-state index is 0. The van der Waals surface area contributed by atoms with Crippen molar-refractivity contribution in [2.24, 2.45) is 4.99 Å². The zero-order valence-corrected chi connectivity index (χ0v) is 19.7. The summed E-state index contributed by atoms with van der Waals surface area (Å²) in [5, 5.41) is 11.2. The van der Waals surface area contributed by atoms with Gasteiger partial charge >= 0.3 is 0 Å². The third kappa shape index (κ3) is 5.97. The molecule has 0 saturated carbocycles. The Bertz CT molecular complexity index is 807. The summed E-state index contributed by atoms with van der Waals surface area (Å²) in [5.41, 5.74) is 1.26. The molecule has 1 aromatic heterocycles. The van der Waals surface area contributed by atoms with Gasteiger partial charge in [0.15, 0.2) is 17.5 Å². The molecule has 0 amide bonds. The number of fused-ring (bicyclic) bond motifs is 1. The van der Waals surface area contributed by atoms with Crippen molar-refractivity contribution >= 4 is 29.9 Å². The molecule has 30 heavy (non-hydrogen) atoms. The Morgan fingerprint density at radius 2 is 1.83 bits per heavy atom. The lowest BCUT2D eigenvalue weighted by Gasteiger charge is -2.36. The van der Waals surface area contributed by atoms with E-state index in [0.717, 1.165) is 76.1 Å². The molecule has 0 aliphatic carbocycles. The van der Waals surface area contributed by atoms with Gasteiger partial charge in [0.1, 0.15) is 12.7 Å². The molecule has 0 spiro atoms. The first-order chi connectivity index (χ1) is 14.3. The molecule has 9 nitrogen and oxygen atoms in total. The van der Waals surface area contributed by atoms with E-state index in [0.29, 0.717) is 6.79 Å². The van der Waals surface area contributed by atoms with Crippen molar-refractivity contribution in [3.05, 3.63) is 36.4 Å². The van der Waals surface area contributed by atoms with Gasteiger partial charge in [-0.3, -0.25) is 9.89 Å². The maximum absolute atomic E-state index is 5.49. The van der Waals surface area contributed by atoms with Gasteiger partial charge in [-0.2, -0.15) is 0 Å². The van der Waals surface area contributed by atoms with Crippen LogP contribution in [0.5, 0.6) is 11.5 Å². The molecular formula is C20H30IN7O2. The number of hydrogen-bond acceptors (Lipinski definition) is 6. The Labute approximate surface area is 194 Å². The number of nitrogens with one attached hydrogen (secondary N) is 1. The van der Waals surface area contributed by atoms with Gasteiger partial charge in [0, 0.05) is 52.9 Å². The lowest BCUT2D eigenvalue weighted by Crippen LogP contribution is -2.52. The van der Waals surface area contributed by atoms with Crippen molar-refractivity contribution in [2.45, 2.75) is 25.9 Å². The Hall–Kier alpha value is -2.08. The second-order valence-electron chi connectivity index (χ2n) is 7.33. The average Bonchev–Trinajstić information content (AvgIpc) is 3.43. The van der Waals surface area contributed by atoms with Gasteiger partial charge in [-0.05, 0) is 30.5 Å². The van der Waals surface area contributed by atoms with Gasteiger partial charge in [-0.15, -0.1) is 34.2 Å². The molecule has 1 saturated heterocycles. The molecule has 1 N–H and O–H groups in total. The SMILES string of the molecule is CN=C(NCCCCn1cnnc1)N1CCN(Cc2ccc3c(c2)OCO3)CC1.I. The number of aliphatic imine (C=N–C) groups is 1. The molecule has 0 radical (unpaired) electrons. The highest BCUT2D eigenvalue weighted by Crippen LogP contribution is 2.32. The highest BCUT2D eigenvalue weighted by molar-refractivity contribution is 14.0. The van der Waals surface area contributed by atoms with Crippen molar-refractivity contribution in [3.63, 3.8) is 0 Å². The predicted molar refractivity (Wildman–Crippen MR) is 125 cm³/mol. The van der Waals surface area contributed by atoms with Crippen LogP contribution in [-0.2, 0) is 13.1 Å². The molecule has 0 unspecified atom stereocenters. The molecule has 0 atom stereocenters. The van der Waals surface area contributed by atoms with Crippen LogP contribution in [0.2, 0.25) is 0 Å². The van der Waals surface area contributed by atoms with Crippen LogP contribution in [0, 0.1) is 0 Å². The second-order valence-corrected chi connectivity index (χ2v) is 7.33. The number of halogens is 1. The monoisotopic (exact) mass is 527 g/mol. The van der Waals surface area contributed by atoms with Crippen molar-refractivity contribution in [1.82, 2.24) is 29.9 Å². The number of unbranched alkanes of at least 4 members (excludes halogenated alkanes) is 1. The summed E-state index contributed by atoms with van der Waals surface area (Å²) in [7, 11) is 1.86. The number of aromatic nitrogens is 3. The fourth-order valence-electron chi connectivity index (χ4n) is 3.70. The standard InChI is InChI=1S/C20H29N7O2.HI/c1-21-20(22-6-2-3-7-26-14-23-24-15-26)27-10-8-25(9-11-27)13-17-4-5-18-19(12-17)29-16-28-18;/h4-5,12,14-15H,2-3,6-11,13,16H2,1H3,(H,21,22);1H. The molecule has 2 aliphatic rings. The summed E-state index contributed by atoms with van der Waals surface area (Å²) in [6.45, 7) is 7.11. The van der Waals surface area contributed by atoms with Crippen molar-refractivity contribution in [3.8, 4) is 11.5 Å². The first-order valence-electron chi connectivity index (χ1n) is 10.2. The molecule has 0 bridgehead atoms. The first kappa shape index (κ1) is 22.6. The van der Waals surface area contributed by atoms with E-state index in [1.807, 2.05) is 17.7 Å². The number of aryl methyl sites for hydroxylation is 1. The Morgan fingerprint density at radius 1 is 1.07 bits per heavy atom. The molecule has 2 aliphatic heterocycles. The van der Waals surface area contributed by atoms with Crippen LogP contribution in [0.1, 0.15) is 18.4 Å². The number of nitrogens with zero attached hydrogens (tertiary/aromatic N) is 6. The summed E-state index contributed by atoms with van der Waals surface area (Å²) in [4.78, 5) is 9.28. The fourth-order valence-corrected chi connectivity index (χ4v) is 3.70. The van der Waals surface area contributed by atoms with Gasteiger partial charge in [0.2, 0.25) is 6.79 Å². The maximum Gasteiger partial charge on any atom is 0.231 e. The first-order valence-corrected chi connectivity index (χ1v) is 10.2. The summed E-state index contributed by atoms with van der Waals surface area (Å²) in [5.74, 6) is 2.70. The minimum absolute atomic E-state index is 0. The van der Waals surface area contributed by atoms with Crippen molar-refractivity contribution in [2.75, 3.05) is 46.6 Å². The van der Waals surface area contributed by atoms with Gasteiger partial charge in [-0.25, -0.2) is 0 Å². The smallest absolute Gasteiger partial charge is 0.231 e. The van der Waals surface area contributed by atoms with E-state index >= 15 is 0 Å². The Morgan fingerprint density at radius 3 is 2.60 bits per heavy atom. The highest BCUT2D eigenvalue weighted by Gasteiger charge is 2.20. The molecule has 1 fully saturated rings. The van der Waals surface area contributed by atoms with Gasteiger partial charge < -0.3 is 24.3 Å². The third-order valence-corrected chi connectivity index (χ3v) is 5.32. The molecule has 164 valence electrons. The van der Waals surface area contributed by atoms with Crippen molar-refractivity contribution < 1.29 is 9.47 Å². The van der Waals surface area contributed by atoms with Crippen LogP contribution in [0.3, 0.4) is 0 Å². The Balaban J connectivity index is 0.00000256. The number of benzene rings is 1. The van der Waals surface area contributed by atoms with E-state index < -0.39 is 0 Å². The molecule has 1 aromatic carbocycles. The molecule has 2 aromatic rings. The van der Waals surface area contributed by atoms with Crippen LogP contribution in [0.15, 0.2) is 35.8 Å². The van der Waals surface area contributed by atoms with Crippen LogP contribution in [-0.4, -0.2) is 77.1 Å². The minimum Gasteiger partial charge on any atom is -0.454 e. The molecule has 4 rings (SSSR count). The summed E-state index contributed by atoms with van der Waals surface area (Å²) in [6.07, 6.45) is 5.69. The van der Waals surface area contributed by atoms with Gasteiger partial charge in [0.05, 0.1) is 0 Å². The Kier molecular flexibility index (Phi) is 8.55. The number of hydrogen-bond donors (Lipinski definition) is 1. The lowest BCUT2D eigenvalue weighted by molar-refractivity contribution is 0.171. The van der Waals surface area contributed by atoms with E-state index in [1.165, 1.54) is 5.56 Å². The topological polar surface area (TPSA) is 80.0 Å². The number of guanidine groups is 1. The second kappa shape index (κ2) is 11.3. The summed E-state index contributed by atoms with van der Waals surface area (Å²) < 4.78 is 12.9. The van der Waals surface area contributed by atoms with Crippen molar-refractivity contribution in [1.29, 1.82) is 0 Å². The van der Waals surface area contributed by atoms with Crippen LogP contribution < -0.4 is 14.8 Å². The number of piperazine rings is 1. The zero-order chi connectivity index (χ0) is 19.9. The van der Waals surface area contributed by atoms with E-state index in [4.69, 9.17) is 9.47 Å². The molecule has 10 heteroatoms. The van der Waals surface area contributed by atoms with Gasteiger partial charge in [-0.1, -0.05) is 6.07 Å². The average molecular weight is 527 g/mol. The normalized spacial score (nSPS) is 16.4. The largest absolute Gasteiger partial charge is 0.454 e.